The molecule has 1 aliphatic rings. The molecule has 1 aromatic rings. The third kappa shape index (κ3) is 3.01. The monoisotopic (exact) mass is 272 g/mol. The molecule has 1 unspecified atom stereocenters. The fourth-order valence-electron chi connectivity index (χ4n) is 1.99. The van der Waals surface area contributed by atoms with Crippen molar-refractivity contribution in [1.82, 2.24) is 15.1 Å². The van der Waals surface area contributed by atoms with E-state index in [0.29, 0.717) is 11.6 Å². The molecule has 2 rings (SSSR count). The van der Waals surface area contributed by atoms with Crippen LogP contribution < -0.4 is 16.2 Å². The van der Waals surface area contributed by atoms with E-state index in [1.54, 1.807) is 0 Å². The van der Waals surface area contributed by atoms with Crippen LogP contribution in [0.3, 0.4) is 0 Å². The van der Waals surface area contributed by atoms with Crippen molar-refractivity contribution in [2.75, 3.05) is 31.6 Å². The molecule has 3 N–H and O–H groups in total. The van der Waals surface area contributed by atoms with Crippen LogP contribution in [0.1, 0.15) is 6.42 Å². The van der Waals surface area contributed by atoms with E-state index in [4.69, 9.17) is 16.7 Å². The number of aromatic nitrogens is 2. The summed E-state index contributed by atoms with van der Waals surface area (Å²) in [6.45, 7) is 2.82. The molecule has 0 radical (unpaired) electrons. The summed E-state index contributed by atoms with van der Waals surface area (Å²) in [6, 6.07) is 0. The van der Waals surface area contributed by atoms with Gasteiger partial charge in [0.2, 0.25) is 0 Å². The topological polar surface area (TPSA) is 79.2 Å². The summed E-state index contributed by atoms with van der Waals surface area (Å²) in [5, 5.41) is 19.3. The Morgan fingerprint density at radius 2 is 2.50 bits per heavy atom. The highest BCUT2D eigenvalue weighted by molar-refractivity contribution is 6.32. The van der Waals surface area contributed by atoms with Gasteiger partial charge in [-0.05, 0) is 25.4 Å². The van der Waals surface area contributed by atoms with E-state index in [9.17, 15) is 4.79 Å². The lowest BCUT2D eigenvalue weighted by Crippen LogP contribution is -2.26. The Morgan fingerprint density at radius 3 is 3.17 bits per heavy atom. The average Bonchev–Trinajstić information content (AvgIpc) is 2.87. The SMILES string of the molecule is O=c1c(Cl)c(NCC2CCNC2)cnn1CCO. The Bertz CT molecular complexity index is 457. The van der Waals surface area contributed by atoms with Crippen molar-refractivity contribution in [2.45, 2.75) is 13.0 Å². The molecule has 1 saturated heterocycles. The molecule has 1 aliphatic heterocycles. The number of rotatable bonds is 5. The second-order valence-electron chi connectivity index (χ2n) is 4.36. The first-order chi connectivity index (χ1) is 8.72. The van der Waals surface area contributed by atoms with Crippen molar-refractivity contribution in [3.8, 4) is 0 Å². The predicted octanol–water partition coefficient (Wildman–Crippen LogP) is -0.0896. The van der Waals surface area contributed by atoms with Crippen LogP contribution in [0.4, 0.5) is 5.69 Å². The van der Waals surface area contributed by atoms with Crippen LogP contribution >= 0.6 is 11.6 Å². The van der Waals surface area contributed by atoms with Crippen LogP contribution in [0.2, 0.25) is 5.02 Å². The summed E-state index contributed by atoms with van der Waals surface area (Å²) in [5.74, 6) is 0.556. The molecule has 0 aliphatic carbocycles. The lowest BCUT2D eigenvalue weighted by molar-refractivity contribution is 0.266. The first-order valence-electron chi connectivity index (χ1n) is 6.03. The second kappa shape index (κ2) is 6.17. The van der Waals surface area contributed by atoms with Gasteiger partial charge in [0.25, 0.3) is 5.56 Å². The van der Waals surface area contributed by atoms with Crippen molar-refractivity contribution in [3.05, 3.63) is 21.6 Å². The number of anilines is 1. The highest BCUT2D eigenvalue weighted by Gasteiger charge is 2.15. The van der Waals surface area contributed by atoms with Gasteiger partial charge in [0.15, 0.2) is 0 Å². The van der Waals surface area contributed by atoms with E-state index in [1.807, 2.05) is 0 Å². The van der Waals surface area contributed by atoms with Gasteiger partial charge < -0.3 is 15.7 Å². The molecule has 7 heteroatoms. The number of halogens is 1. The second-order valence-corrected chi connectivity index (χ2v) is 4.74. The third-order valence-electron chi connectivity index (χ3n) is 3.04. The van der Waals surface area contributed by atoms with Crippen LogP contribution in [0.5, 0.6) is 0 Å². The van der Waals surface area contributed by atoms with Gasteiger partial charge in [-0.15, -0.1) is 0 Å². The third-order valence-corrected chi connectivity index (χ3v) is 3.41. The van der Waals surface area contributed by atoms with Gasteiger partial charge in [-0.1, -0.05) is 11.6 Å². The number of hydrogen-bond acceptors (Lipinski definition) is 5. The minimum atomic E-state index is -0.375. The molecular formula is C11H17ClN4O2. The maximum absolute atomic E-state index is 11.8. The van der Waals surface area contributed by atoms with Crippen LogP contribution in [-0.2, 0) is 6.54 Å². The van der Waals surface area contributed by atoms with Gasteiger partial charge in [0, 0.05) is 6.54 Å². The van der Waals surface area contributed by atoms with E-state index in [-0.39, 0.29) is 23.7 Å². The molecule has 0 spiro atoms. The van der Waals surface area contributed by atoms with Gasteiger partial charge in [0.1, 0.15) is 5.02 Å². The highest BCUT2D eigenvalue weighted by atomic mass is 35.5. The van der Waals surface area contributed by atoms with Crippen molar-refractivity contribution in [1.29, 1.82) is 0 Å². The smallest absolute Gasteiger partial charge is 0.287 e. The molecule has 1 aromatic heterocycles. The van der Waals surface area contributed by atoms with E-state index >= 15 is 0 Å². The summed E-state index contributed by atoms with van der Waals surface area (Å²) >= 11 is 5.99. The van der Waals surface area contributed by atoms with Crippen molar-refractivity contribution < 1.29 is 5.11 Å². The quantitative estimate of drug-likeness (QED) is 0.698. The lowest BCUT2D eigenvalue weighted by atomic mass is 10.1. The molecular weight excluding hydrogens is 256 g/mol. The molecule has 18 heavy (non-hydrogen) atoms. The maximum Gasteiger partial charge on any atom is 0.287 e. The predicted molar refractivity (Wildman–Crippen MR) is 70.1 cm³/mol. The van der Waals surface area contributed by atoms with Gasteiger partial charge in [-0.25, -0.2) is 4.68 Å². The number of hydrogen-bond donors (Lipinski definition) is 3. The maximum atomic E-state index is 11.8. The van der Waals surface area contributed by atoms with Crippen LogP contribution in [0, 0.1) is 5.92 Å². The van der Waals surface area contributed by atoms with Crippen LogP contribution in [-0.4, -0.2) is 41.1 Å². The van der Waals surface area contributed by atoms with E-state index in [0.717, 1.165) is 30.7 Å². The molecule has 2 heterocycles. The molecule has 1 atom stereocenters. The Kier molecular flexibility index (Phi) is 4.57. The van der Waals surface area contributed by atoms with Crippen LogP contribution in [0.15, 0.2) is 11.0 Å². The minimum absolute atomic E-state index is 0.129. The highest BCUT2D eigenvalue weighted by Crippen LogP contribution is 2.17. The molecule has 1 fully saturated rings. The number of aliphatic hydroxyl groups excluding tert-OH is 1. The molecule has 0 saturated carbocycles. The first kappa shape index (κ1) is 13.3. The summed E-state index contributed by atoms with van der Waals surface area (Å²) in [7, 11) is 0. The molecule has 6 nitrogen and oxygen atoms in total. The number of nitrogens with zero attached hydrogens (tertiary/aromatic N) is 2. The molecule has 0 aromatic carbocycles. The summed E-state index contributed by atoms with van der Waals surface area (Å²) in [6.07, 6.45) is 2.65. The minimum Gasteiger partial charge on any atom is -0.394 e. The number of aliphatic hydroxyl groups is 1. The molecule has 0 bridgehead atoms. The fourth-order valence-corrected chi connectivity index (χ4v) is 2.20. The first-order valence-corrected chi connectivity index (χ1v) is 6.41. The van der Waals surface area contributed by atoms with Crippen LogP contribution in [0.25, 0.3) is 0 Å². The van der Waals surface area contributed by atoms with Crippen molar-refractivity contribution in [2.24, 2.45) is 5.92 Å². The van der Waals surface area contributed by atoms with Gasteiger partial charge in [-0.2, -0.15) is 5.10 Å². The van der Waals surface area contributed by atoms with Gasteiger partial charge in [0.05, 0.1) is 25.0 Å². The summed E-state index contributed by atoms with van der Waals surface area (Å²) in [5.41, 5.74) is 0.183. The lowest BCUT2D eigenvalue weighted by Gasteiger charge is -2.12. The van der Waals surface area contributed by atoms with Crippen molar-refractivity contribution >= 4 is 17.3 Å². The standard InChI is InChI=1S/C11H17ClN4O2/c12-10-9(14-6-8-1-2-13-5-8)7-15-16(3-4-17)11(10)18/h7-8,13-14,17H,1-6H2. The zero-order chi connectivity index (χ0) is 13.0. The zero-order valence-corrected chi connectivity index (χ0v) is 10.8. The largest absolute Gasteiger partial charge is 0.394 e. The Balaban J connectivity index is 2.04. The number of nitrogens with one attached hydrogen (secondary N) is 2. The summed E-state index contributed by atoms with van der Waals surface area (Å²) < 4.78 is 1.16. The van der Waals surface area contributed by atoms with E-state index < -0.39 is 0 Å². The molecule has 0 amide bonds. The van der Waals surface area contributed by atoms with E-state index in [2.05, 4.69) is 15.7 Å². The zero-order valence-electron chi connectivity index (χ0n) is 10.0. The fraction of sp³-hybridized carbons (Fsp3) is 0.636. The normalized spacial score (nSPS) is 19.1. The summed E-state index contributed by atoms with van der Waals surface area (Å²) in [4.78, 5) is 11.8. The Labute approximate surface area is 110 Å². The van der Waals surface area contributed by atoms with Gasteiger partial charge >= 0.3 is 0 Å². The molecule has 100 valence electrons. The Morgan fingerprint density at radius 1 is 1.67 bits per heavy atom. The van der Waals surface area contributed by atoms with Gasteiger partial charge in [-0.3, -0.25) is 4.79 Å². The average molecular weight is 273 g/mol. The van der Waals surface area contributed by atoms with Crippen molar-refractivity contribution in [3.63, 3.8) is 0 Å². The Hall–Kier alpha value is -1.11. The van der Waals surface area contributed by atoms with E-state index in [1.165, 1.54) is 6.20 Å².